The number of aromatic hydroxyl groups is 2. The van der Waals surface area contributed by atoms with Crippen molar-refractivity contribution in [2.45, 2.75) is 4.90 Å². The summed E-state index contributed by atoms with van der Waals surface area (Å²) in [6, 6.07) is 3.27. The van der Waals surface area contributed by atoms with Crippen LogP contribution in [0.2, 0.25) is 0 Å². The van der Waals surface area contributed by atoms with Crippen LogP contribution in [0.5, 0.6) is 11.5 Å². The number of phenolic OH excluding ortho intramolecular Hbond substituents is 2. The van der Waals surface area contributed by atoms with Crippen molar-refractivity contribution in [3.63, 3.8) is 0 Å². The van der Waals surface area contributed by atoms with Crippen molar-refractivity contribution in [3.8, 4) is 11.5 Å². The molecule has 14 heavy (non-hydrogen) atoms. The van der Waals surface area contributed by atoms with Gasteiger partial charge in [-0.1, -0.05) is 6.07 Å². The summed E-state index contributed by atoms with van der Waals surface area (Å²) in [6.45, 7) is 0. The monoisotopic (exact) mass is 250 g/mol. The molecule has 0 aliphatic heterocycles. The quantitative estimate of drug-likeness (QED) is 0.321. The van der Waals surface area contributed by atoms with Gasteiger partial charge < -0.3 is 15.7 Å². The first-order valence-electron chi connectivity index (χ1n) is 2.91. The van der Waals surface area contributed by atoms with Gasteiger partial charge in [0.25, 0.3) is 10.1 Å². The second kappa shape index (κ2) is 5.74. The molecule has 0 amide bonds. The van der Waals surface area contributed by atoms with Crippen molar-refractivity contribution in [2.75, 3.05) is 0 Å². The zero-order valence-electron chi connectivity index (χ0n) is 6.30. The molecule has 1 rings (SSSR count). The summed E-state index contributed by atoms with van der Waals surface area (Å²) in [5.74, 6) is -1.44. The first-order chi connectivity index (χ1) is 5.43. The Morgan fingerprint density at radius 1 is 1.14 bits per heavy atom. The molecule has 0 unspecified atom stereocenters. The molecule has 8 heteroatoms. The topological polar surface area (TPSA) is 126 Å². The number of benzene rings is 1. The molecule has 0 heterocycles. The van der Waals surface area contributed by atoms with Crippen LogP contribution >= 0.6 is 0 Å². The molecule has 0 fully saturated rings. The third-order valence-electron chi connectivity index (χ3n) is 1.26. The van der Waals surface area contributed by atoms with Crippen LogP contribution in [0.3, 0.4) is 0 Å². The van der Waals surface area contributed by atoms with Crippen LogP contribution in [0.25, 0.3) is 0 Å². The summed E-state index contributed by atoms with van der Waals surface area (Å²) >= 11 is 0. The molecule has 0 bridgehead atoms. The average molecular weight is 250 g/mol. The molecule has 0 spiro atoms. The summed E-state index contributed by atoms with van der Waals surface area (Å²) in [6.07, 6.45) is 0. The standard InChI is InChI=1S/C6H6O5S.Ca.H2O.2H/c7-4-2-1-3-5(6(4)8)12(9,10)11;;;;/h1-3,7-8H,(H,9,10,11);;1H2;;. The van der Waals surface area contributed by atoms with Crippen LogP contribution in [-0.2, 0) is 10.1 Å². The van der Waals surface area contributed by atoms with Crippen LogP contribution < -0.4 is 0 Å². The minimum absolute atomic E-state index is 0. The molecule has 6 nitrogen and oxygen atoms in total. The van der Waals surface area contributed by atoms with Gasteiger partial charge in [-0.25, -0.2) is 0 Å². The van der Waals surface area contributed by atoms with Crippen molar-refractivity contribution in [3.05, 3.63) is 18.2 Å². The number of phenols is 2. The van der Waals surface area contributed by atoms with Crippen LogP contribution in [0, 0.1) is 0 Å². The second-order valence-electron chi connectivity index (χ2n) is 2.10. The van der Waals surface area contributed by atoms with Crippen LogP contribution in [0.15, 0.2) is 23.1 Å². The van der Waals surface area contributed by atoms with Crippen molar-refractivity contribution >= 4 is 47.9 Å². The van der Waals surface area contributed by atoms with E-state index < -0.39 is 26.5 Å². The maximum atomic E-state index is 10.5. The Hall–Kier alpha value is -0.0503. The summed E-state index contributed by atoms with van der Waals surface area (Å²) in [4.78, 5) is -0.706. The Bertz CT molecular complexity index is 401. The molecule has 0 aliphatic rings. The van der Waals surface area contributed by atoms with Gasteiger partial charge in [0, 0.05) is 0 Å². The van der Waals surface area contributed by atoms with Gasteiger partial charge >= 0.3 is 37.7 Å². The first kappa shape index (κ1) is 16.4. The Morgan fingerprint density at radius 2 is 1.64 bits per heavy atom. The third-order valence-corrected chi connectivity index (χ3v) is 2.14. The number of hydrogen-bond acceptors (Lipinski definition) is 4. The minimum atomic E-state index is -4.47. The zero-order chi connectivity index (χ0) is 9.35. The van der Waals surface area contributed by atoms with E-state index in [1.54, 1.807) is 0 Å². The Labute approximate surface area is 110 Å². The maximum absolute atomic E-state index is 10.5. The van der Waals surface area contributed by atoms with E-state index in [1.165, 1.54) is 6.07 Å². The molecule has 1 aromatic rings. The molecule has 0 atom stereocenters. The fourth-order valence-electron chi connectivity index (χ4n) is 0.719. The van der Waals surface area contributed by atoms with Crippen LogP contribution in [-0.4, -0.2) is 66.4 Å². The van der Waals surface area contributed by atoms with E-state index in [-0.39, 0.29) is 43.2 Å². The summed E-state index contributed by atoms with van der Waals surface area (Å²) < 4.78 is 29.5. The molecular weight excluding hydrogens is 240 g/mol. The second-order valence-corrected chi connectivity index (χ2v) is 3.49. The van der Waals surface area contributed by atoms with Crippen molar-refractivity contribution in [2.24, 2.45) is 0 Å². The number of para-hydroxylation sites is 1. The molecular formula is C6H10CaO6S. The molecule has 0 aliphatic carbocycles. The summed E-state index contributed by atoms with van der Waals surface area (Å²) in [5.41, 5.74) is 0. The van der Waals surface area contributed by atoms with Gasteiger partial charge in [-0.05, 0) is 12.1 Å². The molecule has 5 N–H and O–H groups in total. The van der Waals surface area contributed by atoms with E-state index in [9.17, 15) is 8.42 Å². The van der Waals surface area contributed by atoms with Gasteiger partial charge in [0.1, 0.15) is 4.90 Å². The van der Waals surface area contributed by atoms with Crippen molar-refractivity contribution in [1.29, 1.82) is 0 Å². The van der Waals surface area contributed by atoms with Crippen LogP contribution in [0.1, 0.15) is 0 Å². The van der Waals surface area contributed by atoms with E-state index >= 15 is 0 Å². The summed E-state index contributed by atoms with van der Waals surface area (Å²) in [7, 11) is -4.47. The fourth-order valence-corrected chi connectivity index (χ4v) is 1.32. The van der Waals surface area contributed by atoms with Crippen molar-refractivity contribution < 1.29 is 28.7 Å². The SMILES string of the molecule is O.O=S(=O)(O)c1cccc(O)c1O.[CaH2]. The predicted molar refractivity (Wildman–Crippen MR) is 51.7 cm³/mol. The molecule has 78 valence electrons. The number of rotatable bonds is 1. The third kappa shape index (κ3) is 3.60. The van der Waals surface area contributed by atoms with Gasteiger partial charge in [-0.2, -0.15) is 8.42 Å². The van der Waals surface area contributed by atoms with Gasteiger partial charge in [-0.3, -0.25) is 4.55 Å². The van der Waals surface area contributed by atoms with Crippen LogP contribution in [0.4, 0.5) is 0 Å². The van der Waals surface area contributed by atoms with E-state index in [4.69, 9.17) is 14.8 Å². The zero-order valence-corrected chi connectivity index (χ0v) is 7.11. The van der Waals surface area contributed by atoms with E-state index in [2.05, 4.69) is 0 Å². The number of hydrogen-bond donors (Lipinski definition) is 3. The van der Waals surface area contributed by atoms with E-state index in [0.29, 0.717) is 0 Å². The molecule has 0 saturated carbocycles. The molecule has 0 aromatic heterocycles. The van der Waals surface area contributed by atoms with Gasteiger partial charge in [0.15, 0.2) is 11.5 Å². The van der Waals surface area contributed by atoms with Gasteiger partial charge in [0.05, 0.1) is 0 Å². The van der Waals surface area contributed by atoms with E-state index in [1.807, 2.05) is 0 Å². The normalized spacial score (nSPS) is 9.79. The van der Waals surface area contributed by atoms with Gasteiger partial charge in [-0.15, -0.1) is 0 Å². The molecule has 1 aromatic carbocycles. The first-order valence-corrected chi connectivity index (χ1v) is 4.35. The Morgan fingerprint density at radius 3 is 2.00 bits per heavy atom. The Kier molecular flexibility index (Phi) is 6.72. The predicted octanol–water partition coefficient (Wildman–Crippen LogP) is -1.40. The van der Waals surface area contributed by atoms with Crippen molar-refractivity contribution in [1.82, 2.24) is 0 Å². The average Bonchev–Trinajstić information content (AvgIpc) is 1.92. The van der Waals surface area contributed by atoms with Gasteiger partial charge in [0.2, 0.25) is 0 Å². The Balaban J connectivity index is 0. The molecule has 0 saturated heterocycles. The summed E-state index contributed by atoms with van der Waals surface area (Å²) in [5, 5.41) is 17.8. The molecule has 0 radical (unpaired) electrons. The fraction of sp³-hybridized carbons (Fsp3) is 0. The van der Waals surface area contributed by atoms with E-state index in [0.717, 1.165) is 12.1 Å².